The molecule has 3 N–H and O–H groups in total. The van der Waals surface area contributed by atoms with Crippen LogP contribution in [0.2, 0.25) is 0 Å². The van der Waals surface area contributed by atoms with Crippen LogP contribution in [0.1, 0.15) is 18.4 Å². The van der Waals surface area contributed by atoms with Crippen LogP contribution in [-0.2, 0) is 11.2 Å². The number of halogens is 1. The van der Waals surface area contributed by atoms with Crippen molar-refractivity contribution in [2.45, 2.75) is 25.4 Å². The SMILES string of the molecule is NC[C@H]1Cc2cc(F)cc(-c3ccc(NC(=O)C4CC4)nc3)c2O1. The molecule has 0 radical (unpaired) electrons. The van der Waals surface area contributed by atoms with Crippen molar-refractivity contribution in [1.29, 1.82) is 0 Å². The molecule has 0 unspecified atom stereocenters. The molecule has 1 aromatic heterocycles. The minimum atomic E-state index is -0.309. The van der Waals surface area contributed by atoms with Gasteiger partial charge in [-0.1, -0.05) is 0 Å². The van der Waals surface area contributed by atoms with Gasteiger partial charge in [0, 0.05) is 41.8 Å². The molecule has 5 nitrogen and oxygen atoms in total. The molecule has 1 amide bonds. The number of nitrogens with zero attached hydrogens (tertiary/aromatic N) is 1. The van der Waals surface area contributed by atoms with Gasteiger partial charge in [-0.25, -0.2) is 9.37 Å². The Hall–Kier alpha value is -2.47. The van der Waals surface area contributed by atoms with Gasteiger partial charge >= 0.3 is 0 Å². The standard InChI is InChI=1S/C18H18FN3O2/c19-13-5-12-6-14(8-20)24-17(12)15(7-13)11-3-4-16(21-9-11)22-18(23)10-1-2-10/h3-5,7,9-10,14H,1-2,6,8,20H2,(H,21,22,23)/t14-/m1/s1. The molecular weight excluding hydrogens is 309 g/mol. The third-order valence-electron chi connectivity index (χ3n) is 4.40. The Morgan fingerprint density at radius 2 is 2.21 bits per heavy atom. The van der Waals surface area contributed by atoms with E-state index in [2.05, 4.69) is 10.3 Å². The van der Waals surface area contributed by atoms with Crippen molar-refractivity contribution < 1.29 is 13.9 Å². The number of ether oxygens (including phenoxy) is 1. The zero-order valence-electron chi connectivity index (χ0n) is 13.1. The molecule has 0 saturated heterocycles. The van der Waals surface area contributed by atoms with Gasteiger partial charge in [0.1, 0.15) is 23.5 Å². The lowest BCUT2D eigenvalue weighted by molar-refractivity contribution is -0.117. The molecule has 24 heavy (non-hydrogen) atoms. The van der Waals surface area contributed by atoms with E-state index in [0.29, 0.717) is 30.1 Å². The van der Waals surface area contributed by atoms with E-state index in [4.69, 9.17) is 10.5 Å². The summed E-state index contributed by atoms with van der Waals surface area (Å²) in [6.07, 6.45) is 4.00. The second-order valence-corrected chi connectivity index (χ2v) is 6.32. The van der Waals surface area contributed by atoms with Crippen molar-refractivity contribution in [2.24, 2.45) is 11.7 Å². The molecule has 4 rings (SSSR count). The molecule has 2 aromatic rings. The van der Waals surface area contributed by atoms with E-state index in [-0.39, 0.29) is 23.7 Å². The molecule has 0 spiro atoms. The average molecular weight is 327 g/mol. The van der Waals surface area contributed by atoms with Gasteiger partial charge in [0.15, 0.2) is 0 Å². The van der Waals surface area contributed by atoms with Crippen LogP contribution in [0.25, 0.3) is 11.1 Å². The summed E-state index contributed by atoms with van der Waals surface area (Å²) in [7, 11) is 0. The quantitative estimate of drug-likeness (QED) is 0.904. The number of nitrogens with one attached hydrogen (secondary N) is 1. The molecule has 2 aliphatic rings. The third-order valence-corrected chi connectivity index (χ3v) is 4.40. The summed E-state index contributed by atoms with van der Waals surface area (Å²) in [6.45, 7) is 0.389. The number of anilines is 1. The molecule has 0 bridgehead atoms. The van der Waals surface area contributed by atoms with Crippen LogP contribution >= 0.6 is 0 Å². The van der Waals surface area contributed by atoms with Crippen molar-refractivity contribution in [2.75, 3.05) is 11.9 Å². The number of nitrogens with two attached hydrogens (primary N) is 1. The zero-order chi connectivity index (χ0) is 16.7. The van der Waals surface area contributed by atoms with Crippen molar-refractivity contribution in [3.63, 3.8) is 0 Å². The molecule has 1 aliphatic carbocycles. The lowest BCUT2D eigenvalue weighted by atomic mass is 10.0. The predicted molar refractivity (Wildman–Crippen MR) is 88.2 cm³/mol. The number of carbonyl (C=O) groups is 1. The first-order valence-electron chi connectivity index (χ1n) is 8.10. The monoisotopic (exact) mass is 327 g/mol. The van der Waals surface area contributed by atoms with Crippen LogP contribution in [0.4, 0.5) is 10.2 Å². The average Bonchev–Trinajstić information content (AvgIpc) is 3.35. The number of benzene rings is 1. The van der Waals surface area contributed by atoms with Crippen LogP contribution in [-0.4, -0.2) is 23.5 Å². The lowest BCUT2D eigenvalue weighted by Gasteiger charge is -2.11. The van der Waals surface area contributed by atoms with Crippen molar-refractivity contribution in [3.05, 3.63) is 41.8 Å². The highest BCUT2D eigenvalue weighted by Gasteiger charge is 2.30. The maximum Gasteiger partial charge on any atom is 0.228 e. The van der Waals surface area contributed by atoms with Crippen LogP contribution in [0.5, 0.6) is 5.75 Å². The first kappa shape index (κ1) is 15.1. The molecule has 1 atom stereocenters. The van der Waals surface area contributed by atoms with Gasteiger partial charge < -0.3 is 15.8 Å². The second-order valence-electron chi connectivity index (χ2n) is 6.32. The number of pyridine rings is 1. The van der Waals surface area contributed by atoms with Gasteiger partial charge in [0.05, 0.1) is 0 Å². The summed E-state index contributed by atoms with van der Waals surface area (Å²) in [5.74, 6) is 1.000. The number of rotatable bonds is 4. The Balaban J connectivity index is 1.61. The van der Waals surface area contributed by atoms with E-state index in [1.54, 1.807) is 12.3 Å². The molecule has 1 aromatic carbocycles. The van der Waals surface area contributed by atoms with E-state index >= 15 is 0 Å². The number of aromatic nitrogens is 1. The first-order chi connectivity index (χ1) is 11.6. The van der Waals surface area contributed by atoms with Crippen LogP contribution in [0.3, 0.4) is 0 Å². The van der Waals surface area contributed by atoms with Crippen molar-refractivity contribution >= 4 is 11.7 Å². The van der Waals surface area contributed by atoms with Gasteiger partial charge in [0.25, 0.3) is 0 Å². The van der Waals surface area contributed by atoms with Crippen LogP contribution in [0.15, 0.2) is 30.5 Å². The summed E-state index contributed by atoms with van der Waals surface area (Å²) in [6, 6.07) is 6.47. The van der Waals surface area contributed by atoms with Crippen molar-refractivity contribution in [3.8, 4) is 16.9 Å². The molecule has 2 heterocycles. The predicted octanol–water partition coefficient (Wildman–Crippen LogP) is 2.50. The van der Waals surface area contributed by atoms with Crippen molar-refractivity contribution in [1.82, 2.24) is 4.98 Å². The number of fused-ring (bicyclic) bond motifs is 1. The minimum absolute atomic E-state index is 0.0102. The summed E-state index contributed by atoms with van der Waals surface area (Å²) < 4.78 is 19.8. The van der Waals surface area contributed by atoms with Gasteiger partial charge in [-0.15, -0.1) is 0 Å². The van der Waals surface area contributed by atoms with E-state index in [1.165, 1.54) is 12.1 Å². The van der Waals surface area contributed by atoms with E-state index in [9.17, 15) is 9.18 Å². The van der Waals surface area contributed by atoms with E-state index < -0.39 is 0 Å². The molecule has 124 valence electrons. The Kier molecular flexibility index (Phi) is 3.69. The lowest BCUT2D eigenvalue weighted by Crippen LogP contribution is -2.24. The molecule has 1 saturated carbocycles. The number of hydrogen-bond acceptors (Lipinski definition) is 4. The fraction of sp³-hybridized carbons (Fsp3) is 0.333. The molecule has 6 heteroatoms. The summed E-state index contributed by atoms with van der Waals surface area (Å²) in [5.41, 5.74) is 7.89. The van der Waals surface area contributed by atoms with Gasteiger partial charge in [-0.3, -0.25) is 4.79 Å². The number of carbonyl (C=O) groups excluding carboxylic acids is 1. The van der Waals surface area contributed by atoms with E-state index in [0.717, 1.165) is 24.0 Å². The largest absolute Gasteiger partial charge is 0.488 e. The molecule has 1 aliphatic heterocycles. The Bertz CT molecular complexity index is 788. The van der Waals surface area contributed by atoms with Gasteiger partial charge in [-0.05, 0) is 37.1 Å². The molecular formula is C18H18FN3O2. The maximum atomic E-state index is 13.9. The Morgan fingerprint density at radius 1 is 1.38 bits per heavy atom. The highest BCUT2D eigenvalue weighted by molar-refractivity contribution is 5.93. The van der Waals surface area contributed by atoms with Gasteiger partial charge in [0.2, 0.25) is 5.91 Å². The summed E-state index contributed by atoms with van der Waals surface area (Å²) in [4.78, 5) is 16.0. The smallest absolute Gasteiger partial charge is 0.228 e. The summed E-state index contributed by atoms with van der Waals surface area (Å²) >= 11 is 0. The zero-order valence-corrected chi connectivity index (χ0v) is 13.1. The Labute approximate surface area is 139 Å². The first-order valence-corrected chi connectivity index (χ1v) is 8.10. The highest BCUT2D eigenvalue weighted by atomic mass is 19.1. The maximum absolute atomic E-state index is 13.9. The Morgan fingerprint density at radius 3 is 2.88 bits per heavy atom. The second kappa shape index (κ2) is 5.87. The fourth-order valence-electron chi connectivity index (χ4n) is 2.94. The third kappa shape index (κ3) is 2.85. The topological polar surface area (TPSA) is 77.2 Å². The summed E-state index contributed by atoms with van der Waals surface area (Å²) in [5, 5.41) is 2.79. The van der Waals surface area contributed by atoms with Gasteiger partial charge in [-0.2, -0.15) is 0 Å². The fourth-order valence-corrected chi connectivity index (χ4v) is 2.94. The number of hydrogen-bond donors (Lipinski definition) is 2. The highest BCUT2D eigenvalue weighted by Crippen LogP contribution is 2.39. The van der Waals surface area contributed by atoms with Crippen LogP contribution < -0.4 is 15.8 Å². The van der Waals surface area contributed by atoms with E-state index in [1.807, 2.05) is 6.07 Å². The minimum Gasteiger partial charge on any atom is -0.488 e. The molecule has 1 fully saturated rings. The normalized spacial score (nSPS) is 18.8. The van der Waals surface area contributed by atoms with Crippen LogP contribution in [0, 0.1) is 11.7 Å². The number of amides is 1.